The van der Waals surface area contributed by atoms with E-state index in [1.807, 2.05) is 36.4 Å². The Hall–Kier alpha value is -3.92. The predicted molar refractivity (Wildman–Crippen MR) is 152 cm³/mol. The van der Waals surface area contributed by atoms with Crippen LogP contribution in [0.4, 0.5) is 4.79 Å². The number of ether oxygens (including phenoxy) is 1. The molecule has 3 rings (SSSR count). The lowest BCUT2D eigenvalue weighted by Gasteiger charge is -2.25. The second kappa shape index (κ2) is 15.0. The van der Waals surface area contributed by atoms with Gasteiger partial charge < -0.3 is 31.5 Å². The van der Waals surface area contributed by atoms with E-state index in [1.54, 1.807) is 13.8 Å². The van der Waals surface area contributed by atoms with Gasteiger partial charge in [-0.25, -0.2) is 4.79 Å². The molecule has 0 aliphatic heterocycles. The third kappa shape index (κ3) is 8.29. The van der Waals surface area contributed by atoms with Gasteiger partial charge in [0.05, 0.1) is 0 Å². The van der Waals surface area contributed by atoms with Crippen LogP contribution in [0.15, 0.2) is 48.5 Å². The number of carboxylic acid groups (broad SMARTS) is 1. The minimum absolute atomic E-state index is 0.0655. The number of benzene rings is 2. The number of rotatable bonds is 15. The molecule has 40 heavy (non-hydrogen) atoms. The van der Waals surface area contributed by atoms with Gasteiger partial charge in [0.2, 0.25) is 11.8 Å². The number of carbonyl (C=O) groups excluding carboxylic acids is 3. The van der Waals surface area contributed by atoms with Gasteiger partial charge in [0, 0.05) is 18.9 Å². The predicted octanol–water partition coefficient (Wildman–Crippen LogP) is 3.14. The second-order valence-corrected chi connectivity index (χ2v) is 10.3. The largest absolute Gasteiger partial charge is 0.481 e. The summed E-state index contributed by atoms with van der Waals surface area (Å²) in [5, 5.41) is 16.9. The first-order chi connectivity index (χ1) is 19.2. The van der Waals surface area contributed by atoms with Gasteiger partial charge >= 0.3 is 12.1 Å². The molecule has 0 aromatic heterocycles. The molecule has 6 N–H and O–H groups in total. The van der Waals surface area contributed by atoms with Crippen molar-refractivity contribution < 1.29 is 29.0 Å². The third-order valence-electron chi connectivity index (χ3n) is 7.01. The average Bonchev–Trinajstić information content (AvgIpc) is 3.25. The maximum Gasteiger partial charge on any atom is 0.407 e. The fraction of sp³-hybridized carbons (Fsp3) is 0.467. The van der Waals surface area contributed by atoms with Crippen molar-refractivity contribution in [2.45, 2.75) is 64.0 Å². The average molecular weight is 553 g/mol. The summed E-state index contributed by atoms with van der Waals surface area (Å²) >= 11 is 0. The molecule has 10 nitrogen and oxygen atoms in total. The molecule has 0 radical (unpaired) electrons. The lowest BCUT2D eigenvalue weighted by molar-refractivity contribution is -0.137. The molecule has 2 unspecified atom stereocenters. The highest BCUT2D eigenvalue weighted by Crippen LogP contribution is 2.44. The maximum absolute atomic E-state index is 13.2. The van der Waals surface area contributed by atoms with Crippen molar-refractivity contribution in [2.75, 3.05) is 19.7 Å². The zero-order valence-corrected chi connectivity index (χ0v) is 23.2. The molecule has 2 aromatic rings. The van der Waals surface area contributed by atoms with E-state index in [0.717, 1.165) is 22.3 Å². The maximum atomic E-state index is 13.2. The number of amides is 3. The van der Waals surface area contributed by atoms with Gasteiger partial charge in [0.1, 0.15) is 18.7 Å². The molecule has 2 aromatic carbocycles. The minimum Gasteiger partial charge on any atom is -0.481 e. The van der Waals surface area contributed by atoms with Crippen LogP contribution in [-0.2, 0) is 19.1 Å². The lowest BCUT2D eigenvalue weighted by atomic mass is 9.98. The number of nitrogens with two attached hydrogens (primary N) is 1. The van der Waals surface area contributed by atoms with Crippen LogP contribution in [0.1, 0.15) is 63.0 Å². The van der Waals surface area contributed by atoms with E-state index in [9.17, 15) is 19.2 Å². The minimum atomic E-state index is -0.943. The van der Waals surface area contributed by atoms with Gasteiger partial charge in [0.15, 0.2) is 0 Å². The molecule has 0 bridgehead atoms. The Labute approximate surface area is 235 Å². The molecule has 0 saturated carbocycles. The van der Waals surface area contributed by atoms with Crippen molar-refractivity contribution in [2.24, 2.45) is 11.7 Å². The van der Waals surface area contributed by atoms with Crippen LogP contribution >= 0.6 is 0 Å². The Morgan fingerprint density at radius 2 is 1.52 bits per heavy atom. The van der Waals surface area contributed by atoms with Crippen molar-refractivity contribution in [1.29, 1.82) is 0 Å². The molecule has 1 aliphatic rings. The van der Waals surface area contributed by atoms with Gasteiger partial charge in [-0.3, -0.25) is 14.4 Å². The zero-order chi connectivity index (χ0) is 29.1. The van der Waals surface area contributed by atoms with E-state index in [4.69, 9.17) is 15.6 Å². The second-order valence-electron chi connectivity index (χ2n) is 10.3. The van der Waals surface area contributed by atoms with Gasteiger partial charge in [-0.15, -0.1) is 0 Å². The molecule has 0 fully saturated rings. The Bertz CT molecular complexity index is 1140. The molecule has 1 aliphatic carbocycles. The smallest absolute Gasteiger partial charge is 0.407 e. The zero-order valence-electron chi connectivity index (χ0n) is 23.2. The van der Waals surface area contributed by atoms with Crippen LogP contribution in [0, 0.1) is 5.92 Å². The topological polar surface area (TPSA) is 160 Å². The number of aliphatic carboxylic acids is 1. The number of carbonyl (C=O) groups is 4. The van der Waals surface area contributed by atoms with Crippen LogP contribution < -0.4 is 21.7 Å². The molecule has 10 heteroatoms. The van der Waals surface area contributed by atoms with Crippen molar-refractivity contribution in [3.05, 3.63) is 59.7 Å². The summed E-state index contributed by atoms with van der Waals surface area (Å²) in [6, 6.07) is 14.3. The SMILES string of the molecule is CC(C)C(NC(=O)OCC1c2ccccc2-c2ccccc21)C(=O)NC(CCCCN)C(=O)NCCCC(=O)O. The van der Waals surface area contributed by atoms with Gasteiger partial charge in [0.25, 0.3) is 0 Å². The fourth-order valence-corrected chi connectivity index (χ4v) is 4.90. The highest BCUT2D eigenvalue weighted by atomic mass is 16.5. The van der Waals surface area contributed by atoms with Gasteiger partial charge in [-0.1, -0.05) is 62.4 Å². The molecular formula is C30H40N4O6. The Morgan fingerprint density at radius 1 is 0.900 bits per heavy atom. The summed E-state index contributed by atoms with van der Waals surface area (Å²) < 4.78 is 5.62. The molecule has 2 atom stereocenters. The van der Waals surface area contributed by atoms with Crippen molar-refractivity contribution >= 4 is 23.9 Å². The molecule has 216 valence electrons. The van der Waals surface area contributed by atoms with E-state index in [2.05, 4.69) is 28.1 Å². The summed E-state index contributed by atoms with van der Waals surface area (Å²) in [7, 11) is 0. The van der Waals surface area contributed by atoms with Crippen LogP contribution in [0.5, 0.6) is 0 Å². The molecule has 3 amide bonds. The van der Waals surface area contributed by atoms with Crippen LogP contribution in [0.3, 0.4) is 0 Å². The third-order valence-corrected chi connectivity index (χ3v) is 7.01. The Balaban J connectivity index is 1.60. The summed E-state index contributed by atoms with van der Waals surface area (Å²) in [5.41, 5.74) is 10.00. The Kier molecular flexibility index (Phi) is 11.5. The summed E-state index contributed by atoms with van der Waals surface area (Å²) in [6.07, 6.45) is 1.17. The first kappa shape index (κ1) is 30.6. The Morgan fingerprint density at radius 3 is 2.10 bits per heavy atom. The lowest BCUT2D eigenvalue weighted by Crippen LogP contribution is -2.55. The van der Waals surface area contributed by atoms with E-state index >= 15 is 0 Å². The number of carboxylic acids is 1. The van der Waals surface area contributed by atoms with Crippen molar-refractivity contribution in [3.63, 3.8) is 0 Å². The summed E-state index contributed by atoms with van der Waals surface area (Å²) in [5.74, 6) is -2.23. The number of fused-ring (bicyclic) bond motifs is 3. The van der Waals surface area contributed by atoms with Crippen LogP contribution in [-0.4, -0.2) is 60.8 Å². The van der Waals surface area contributed by atoms with Crippen LogP contribution in [0.2, 0.25) is 0 Å². The normalized spacial score (nSPS) is 13.6. The molecular weight excluding hydrogens is 512 g/mol. The molecule has 0 saturated heterocycles. The highest BCUT2D eigenvalue weighted by molar-refractivity contribution is 5.91. The van der Waals surface area contributed by atoms with E-state index < -0.39 is 36.0 Å². The summed E-state index contributed by atoms with van der Waals surface area (Å²) in [4.78, 5) is 49.6. The van der Waals surface area contributed by atoms with E-state index in [-0.39, 0.29) is 37.8 Å². The van der Waals surface area contributed by atoms with Crippen molar-refractivity contribution in [1.82, 2.24) is 16.0 Å². The highest BCUT2D eigenvalue weighted by Gasteiger charge is 2.31. The standard InChI is InChI=1S/C30H40N4O6/c1-19(2)27(29(38)33-25(14-7-8-16-31)28(37)32-17-9-15-26(35)36)34-30(39)40-18-24-22-12-5-3-10-20(22)21-11-4-6-13-23(21)24/h3-6,10-13,19,24-25,27H,7-9,14-18,31H2,1-2H3,(H,32,37)(H,33,38)(H,34,39)(H,35,36). The summed E-state index contributed by atoms with van der Waals surface area (Å²) in [6.45, 7) is 4.35. The van der Waals surface area contributed by atoms with Gasteiger partial charge in [-0.05, 0) is 60.4 Å². The first-order valence-electron chi connectivity index (χ1n) is 13.8. The molecule has 0 heterocycles. The fourth-order valence-electron chi connectivity index (χ4n) is 4.90. The van der Waals surface area contributed by atoms with Crippen LogP contribution in [0.25, 0.3) is 11.1 Å². The van der Waals surface area contributed by atoms with E-state index in [0.29, 0.717) is 25.8 Å². The monoisotopic (exact) mass is 552 g/mol. The number of nitrogens with one attached hydrogen (secondary N) is 3. The number of alkyl carbamates (subject to hydrolysis) is 1. The molecule has 0 spiro atoms. The number of hydrogen-bond donors (Lipinski definition) is 5. The quantitative estimate of drug-likeness (QED) is 0.212. The van der Waals surface area contributed by atoms with Crippen molar-refractivity contribution in [3.8, 4) is 11.1 Å². The number of hydrogen-bond acceptors (Lipinski definition) is 6. The van der Waals surface area contributed by atoms with Gasteiger partial charge in [-0.2, -0.15) is 0 Å². The number of unbranched alkanes of at least 4 members (excludes halogenated alkanes) is 1. The first-order valence-corrected chi connectivity index (χ1v) is 13.8. The van der Waals surface area contributed by atoms with E-state index in [1.165, 1.54) is 0 Å².